The maximum atomic E-state index is 13.3. The lowest BCUT2D eigenvalue weighted by atomic mass is 10.0. The van der Waals surface area contributed by atoms with Gasteiger partial charge in [0.25, 0.3) is 5.56 Å². The van der Waals surface area contributed by atoms with E-state index in [9.17, 15) is 4.79 Å². The lowest BCUT2D eigenvalue weighted by Crippen LogP contribution is -2.49. The number of piperazine rings is 1. The van der Waals surface area contributed by atoms with Crippen molar-refractivity contribution in [2.75, 3.05) is 32.7 Å². The monoisotopic (exact) mass is 435 g/mol. The number of fused-ring (bicyclic) bond motifs is 1. The molecule has 0 spiro atoms. The number of nitrogens with zero attached hydrogens (tertiary/aromatic N) is 6. The maximum absolute atomic E-state index is 13.3. The maximum Gasteiger partial charge on any atom is 0.253 e. The van der Waals surface area contributed by atoms with Gasteiger partial charge in [0.05, 0.1) is 6.04 Å². The van der Waals surface area contributed by atoms with Crippen molar-refractivity contribution in [2.45, 2.75) is 58.0 Å². The zero-order chi connectivity index (χ0) is 22.1. The summed E-state index contributed by atoms with van der Waals surface area (Å²) in [4.78, 5) is 21.3. The van der Waals surface area contributed by atoms with Crippen molar-refractivity contribution in [2.24, 2.45) is 0 Å². The van der Waals surface area contributed by atoms with Crippen LogP contribution in [0.5, 0.6) is 0 Å². The number of aromatic nitrogens is 5. The second kappa shape index (κ2) is 9.11. The fourth-order valence-corrected chi connectivity index (χ4v) is 5.32. The van der Waals surface area contributed by atoms with Crippen LogP contribution >= 0.6 is 0 Å². The van der Waals surface area contributed by atoms with E-state index in [1.165, 1.54) is 18.4 Å². The van der Waals surface area contributed by atoms with E-state index in [-0.39, 0.29) is 11.6 Å². The molecule has 1 atom stereocenters. The third-order valence-corrected chi connectivity index (χ3v) is 7.29. The second-order valence-corrected chi connectivity index (χ2v) is 9.12. The Morgan fingerprint density at radius 1 is 1.09 bits per heavy atom. The molecular weight excluding hydrogens is 402 g/mol. The van der Waals surface area contributed by atoms with Gasteiger partial charge in [0.2, 0.25) is 0 Å². The number of H-pyrrole nitrogens is 1. The van der Waals surface area contributed by atoms with Crippen LogP contribution in [0.4, 0.5) is 0 Å². The molecule has 0 radical (unpaired) electrons. The molecule has 2 aliphatic rings. The predicted octanol–water partition coefficient (Wildman–Crippen LogP) is 2.92. The molecule has 0 amide bonds. The van der Waals surface area contributed by atoms with Crippen LogP contribution in [0.25, 0.3) is 10.9 Å². The lowest BCUT2D eigenvalue weighted by molar-refractivity contribution is 0.107. The van der Waals surface area contributed by atoms with Gasteiger partial charge in [-0.05, 0) is 65.4 Å². The number of pyridine rings is 1. The minimum absolute atomic E-state index is 0.0503. The number of hydrogen-bond donors (Lipinski definition) is 1. The SMILES string of the molecule is CCc1ccc2[nH]c(=O)c([C@@H](c3nnnn3C3CCCC3)N3CCN(CC)CC3)cc2c1. The molecule has 32 heavy (non-hydrogen) atoms. The van der Waals surface area contributed by atoms with Crippen molar-refractivity contribution < 1.29 is 0 Å². The molecule has 1 aliphatic carbocycles. The molecule has 0 unspecified atom stereocenters. The fourth-order valence-electron chi connectivity index (χ4n) is 5.32. The summed E-state index contributed by atoms with van der Waals surface area (Å²) in [7, 11) is 0. The molecule has 8 nitrogen and oxygen atoms in total. The quantitative estimate of drug-likeness (QED) is 0.641. The molecule has 1 aromatic carbocycles. The molecular formula is C24H33N7O. The molecule has 170 valence electrons. The Morgan fingerprint density at radius 3 is 2.59 bits per heavy atom. The van der Waals surface area contributed by atoms with Crippen molar-refractivity contribution in [3.63, 3.8) is 0 Å². The third-order valence-electron chi connectivity index (χ3n) is 7.29. The Kier molecular flexibility index (Phi) is 6.06. The van der Waals surface area contributed by atoms with E-state index >= 15 is 0 Å². The molecule has 1 aliphatic heterocycles. The van der Waals surface area contributed by atoms with Gasteiger partial charge >= 0.3 is 0 Å². The van der Waals surface area contributed by atoms with Gasteiger partial charge < -0.3 is 9.88 Å². The summed E-state index contributed by atoms with van der Waals surface area (Å²) in [5.41, 5.74) is 2.83. The summed E-state index contributed by atoms with van der Waals surface area (Å²) < 4.78 is 2.01. The average Bonchev–Trinajstić information content (AvgIpc) is 3.52. The highest BCUT2D eigenvalue weighted by Crippen LogP contribution is 2.34. The average molecular weight is 436 g/mol. The van der Waals surface area contributed by atoms with Gasteiger partial charge in [-0.3, -0.25) is 9.69 Å². The van der Waals surface area contributed by atoms with E-state index in [0.717, 1.165) is 74.3 Å². The van der Waals surface area contributed by atoms with Gasteiger partial charge in [0, 0.05) is 37.3 Å². The van der Waals surface area contributed by atoms with Crippen LogP contribution in [0.15, 0.2) is 29.1 Å². The Morgan fingerprint density at radius 2 is 1.88 bits per heavy atom. The molecule has 1 saturated heterocycles. The van der Waals surface area contributed by atoms with Gasteiger partial charge in [0.1, 0.15) is 6.04 Å². The zero-order valence-electron chi connectivity index (χ0n) is 19.1. The number of tetrazole rings is 1. The number of benzene rings is 1. The van der Waals surface area contributed by atoms with Gasteiger partial charge in [-0.1, -0.05) is 32.8 Å². The van der Waals surface area contributed by atoms with Crippen molar-refractivity contribution in [3.05, 3.63) is 51.6 Å². The predicted molar refractivity (Wildman–Crippen MR) is 125 cm³/mol. The third kappa shape index (κ3) is 3.97. The number of aryl methyl sites for hydroxylation is 1. The van der Waals surface area contributed by atoms with E-state index in [1.54, 1.807) is 0 Å². The summed E-state index contributed by atoms with van der Waals surface area (Å²) in [6.45, 7) is 9.17. The first-order valence-corrected chi connectivity index (χ1v) is 12.1. The van der Waals surface area contributed by atoms with Crippen LogP contribution in [0.3, 0.4) is 0 Å². The Hall–Kier alpha value is -2.58. The molecule has 2 fully saturated rings. The topological polar surface area (TPSA) is 82.9 Å². The Labute approximate surface area is 188 Å². The fraction of sp³-hybridized carbons (Fsp3) is 0.583. The van der Waals surface area contributed by atoms with Crippen LogP contribution in [-0.2, 0) is 6.42 Å². The highest BCUT2D eigenvalue weighted by Gasteiger charge is 2.34. The first-order valence-electron chi connectivity index (χ1n) is 12.1. The zero-order valence-corrected chi connectivity index (χ0v) is 19.1. The summed E-state index contributed by atoms with van der Waals surface area (Å²) in [6, 6.07) is 8.42. The van der Waals surface area contributed by atoms with E-state index < -0.39 is 0 Å². The van der Waals surface area contributed by atoms with Crippen LogP contribution in [-0.4, -0.2) is 67.7 Å². The molecule has 1 saturated carbocycles. The van der Waals surface area contributed by atoms with E-state index in [2.05, 4.69) is 62.4 Å². The first kappa shape index (κ1) is 21.3. The minimum atomic E-state index is -0.247. The molecule has 2 aromatic heterocycles. The highest BCUT2D eigenvalue weighted by molar-refractivity contribution is 5.80. The summed E-state index contributed by atoms with van der Waals surface area (Å²) in [6.07, 6.45) is 5.58. The van der Waals surface area contributed by atoms with Crippen LogP contribution in [0, 0.1) is 0 Å². The molecule has 8 heteroatoms. The van der Waals surface area contributed by atoms with Crippen molar-refractivity contribution in [1.82, 2.24) is 35.0 Å². The van der Waals surface area contributed by atoms with Gasteiger partial charge in [-0.15, -0.1) is 5.10 Å². The molecule has 3 heterocycles. The smallest absolute Gasteiger partial charge is 0.253 e. The number of hydrogen-bond acceptors (Lipinski definition) is 6. The largest absolute Gasteiger partial charge is 0.322 e. The minimum Gasteiger partial charge on any atom is -0.322 e. The van der Waals surface area contributed by atoms with Gasteiger partial charge in [0.15, 0.2) is 5.82 Å². The summed E-state index contributed by atoms with van der Waals surface area (Å²) in [5.74, 6) is 0.804. The molecule has 5 rings (SSSR count). The van der Waals surface area contributed by atoms with Crippen LogP contribution < -0.4 is 5.56 Å². The Bertz CT molecular complexity index is 1120. The van der Waals surface area contributed by atoms with Crippen LogP contribution in [0.1, 0.15) is 68.6 Å². The van der Waals surface area contributed by atoms with Gasteiger partial charge in [-0.25, -0.2) is 4.68 Å². The lowest BCUT2D eigenvalue weighted by Gasteiger charge is -2.38. The van der Waals surface area contributed by atoms with E-state index in [4.69, 9.17) is 0 Å². The normalized spacial score (nSPS) is 19.7. The number of aromatic amines is 1. The van der Waals surface area contributed by atoms with Crippen molar-refractivity contribution in [1.29, 1.82) is 0 Å². The van der Waals surface area contributed by atoms with Crippen molar-refractivity contribution >= 4 is 10.9 Å². The van der Waals surface area contributed by atoms with Crippen molar-refractivity contribution in [3.8, 4) is 0 Å². The number of rotatable bonds is 6. The molecule has 1 N–H and O–H groups in total. The Balaban J connectivity index is 1.61. The molecule has 0 bridgehead atoms. The first-order chi connectivity index (χ1) is 15.7. The number of likely N-dealkylation sites (N-methyl/N-ethyl adjacent to an activating group) is 1. The van der Waals surface area contributed by atoms with Crippen LogP contribution in [0.2, 0.25) is 0 Å². The highest BCUT2D eigenvalue weighted by atomic mass is 16.1. The standard InChI is InChI=1S/C24H33N7O/c1-3-17-9-10-21-18(15-17)16-20(24(32)25-21)22(30-13-11-29(4-2)12-14-30)23-26-27-28-31(23)19-7-5-6-8-19/h9-10,15-16,19,22H,3-8,11-14H2,1-2H3,(H,25,32)/t22-/m0/s1. The molecule has 3 aromatic rings. The summed E-state index contributed by atoms with van der Waals surface area (Å²) in [5, 5.41) is 14.0. The summed E-state index contributed by atoms with van der Waals surface area (Å²) >= 11 is 0. The van der Waals surface area contributed by atoms with E-state index in [0.29, 0.717) is 6.04 Å². The second-order valence-electron chi connectivity index (χ2n) is 9.12. The van der Waals surface area contributed by atoms with E-state index in [1.807, 2.05) is 10.7 Å². The van der Waals surface area contributed by atoms with Gasteiger partial charge in [-0.2, -0.15) is 0 Å². The number of nitrogens with one attached hydrogen (secondary N) is 1.